The summed E-state index contributed by atoms with van der Waals surface area (Å²) in [5.74, 6) is 0.846. The van der Waals surface area contributed by atoms with Crippen LogP contribution in [0.25, 0.3) is 0 Å². The summed E-state index contributed by atoms with van der Waals surface area (Å²) < 4.78 is 0. The smallest absolute Gasteiger partial charge is 0.287 e. The average molecular weight is 278 g/mol. The SMILES string of the molecule is CNC(=O)C1CCC(Nc2ccc([N+](=O)[O-])cn2)CC1. The quantitative estimate of drug-likeness (QED) is 0.645. The Bertz CT molecular complexity index is 481. The normalized spacial score (nSPS) is 22.1. The van der Waals surface area contributed by atoms with Gasteiger partial charge in [0.2, 0.25) is 5.91 Å². The van der Waals surface area contributed by atoms with Crippen molar-refractivity contribution in [2.45, 2.75) is 31.7 Å². The van der Waals surface area contributed by atoms with E-state index in [4.69, 9.17) is 0 Å². The molecule has 0 unspecified atom stereocenters. The molecule has 0 saturated heterocycles. The highest BCUT2D eigenvalue weighted by Crippen LogP contribution is 2.26. The minimum Gasteiger partial charge on any atom is -0.367 e. The monoisotopic (exact) mass is 278 g/mol. The highest BCUT2D eigenvalue weighted by Gasteiger charge is 2.25. The lowest BCUT2D eigenvalue weighted by Gasteiger charge is -2.28. The van der Waals surface area contributed by atoms with Crippen LogP contribution in [0.2, 0.25) is 0 Å². The summed E-state index contributed by atoms with van der Waals surface area (Å²) >= 11 is 0. The molecule has 0 atom stereocenters. The van der Waals surface area contributed by atoms with Gasteiger partial charge in [-0.2, -0.15) is 0 Å². The molecule has 2 rings (SSSR count). The number of nitrogens with zero attached hydrogens (tertiary/aromatic N) is 2. The molecule has 2 N–H and O–H groups in total. The van der Waals surface area contributed by atoms with Gasteiger partial charge in [0, 0.05) is 25.1 Å². The molecule has 1 aliphatic carbocycles. The van der Waals surface area contributed by atoms with Crippen molar-refractivity contribution in [2.24, 2.45) is 5.92 Å². The molecule has 20 heavy (non-hydrogen) atoms. The fourth-order valence-electron chi connectivity index (χ4n) is 2.49. The Morgan fingerprint density at radius 1 is 1.35 bits per heavy atom. The first-order chi connectivity index (χ1) is 9.60. The van der Waals surface area contributed by atoms with Crippen LogP contribution in [0, 0.1) is 16.0 Å². The predicted octanol–water partition coefficient (Wildman–Crippen LogP) is 1.71. The van der Waals surface area contributed by atoms with Crippen LogP contribution < -0.4 is 10.6 Å². The first-order valence-corrected chi connectivity index (χ1v) is 6.68. The number of anilines is 1. The standard InChI is InChI=1S/C13H18N4O3/c1-14-13(18)9-2-4-10(5-3-9)16-12-7-6-11(8-15-12)17(19)20/h6-10H,2-5H2,1H3,(H,14,18)(H,15,16). The Morgan fingerprint density at radius 2 is 2.05 bits per heavy atom. The topological polar surface area (TPSA) is 97.2 Å². The fraction of sp³-hybridized carbons (Fsp3) is 0.538. The zero-order valence-electron chi connectivity index (χ0n) is 11.3. The van der Waals surface area contributed by atoms with Crippen LogP contribution in [-0.4, -0.2) is 28.9 Å². The number of carbonyl (C=O) groups excluding carboxylic acids is 1. The van der Waals surface area contributed by atoms with Gasteiger partial charge in [0.1, 0.15) is 12.0 Å². The van der Waals surface area contributed by atoms with Crippen molar-refractivity contribution in [1.29, 1.82) is 0 Å². The largest absolute Gasteiger partial charge is 0.367 e. The van der Waals surface area contributed by atoms with Gasteiger partial charge < -0.3 is 10.6 Å². The molecule has 1 aromatic rings. The Labute approximate surface area is 116 Å². The van der Waals surface area contributed by atoms with Crippen molar-refractivity contribution in [3.8, 4) is 0 Å². The molecule has 1 aromatic heterocycles. The molecule has 1 aliphatic rings. The molecule has 108 valence electrons. The van der Waals surface area contributed by atoms with E-state index in [1.165, 1.54) is 12.3 Å². The van der Waals surface area contributed by atoms with Crippen molar-refractivity contribution >= 4 is 17.4 Å². The van der Waals surface area contributed by atoms with Crippen LogP contribution in [-0.2, 0) is 4.79 Å². The molecule has 1 saturated carbocycles. The van der Waals surface area contributed by atoms with E-state index in [1.54, 1.807) is 13.1 Å². The first-order valence-electron chi connectivity index (χ1n) is 6.68. The summed E-state index contributed by atoms with van der Waals surface area (Å²) in [6, 6.07) is 3.32. The second kappa shape index (κ2) is 6.31. The van der Waals surface area contributed by atoms with Crippen molar-refractivity contribution in [2.75, 3.05) is 12.4 Å². The van der Waals surface area contributed by atoms with Gasteiger partial charge in [-0.3, -0.25) is 14.9 Å². The molecule has 0 aliphatic heterocycles. The molecule has 0 aromatic carbocycles. The summed E-state index contributed by atoms with van der Waals surface area (Å²) in [6.45, 7) is 0. The molecular formula is C13H18N4O3. The van der Waals surface area contributed by atoms with E-state index in [1.807, 2.05) is 0 Å². The van der Waals surface area contributed by atoms with Gasteiger partial charge in [-0.15, -0.1) is 0 Å². The summed E-state index contributed by atoms with van der Waals surface area (Å²) in [4.78, 5) is 25.6. The first kappa shape index (κ1) is 14.2. The van der Waals surface area contributed by atoms with Gasteiger partial charge >= 0.3 is 0 Å². The van der Waals surface area contributed by atoms with Crippen molar-refractivity contribution < 1.29 is 9.72 Å². The fourth-order valence-corrected chi connectivity index (χ4v) is 2.49. The maximum absolute atomic E-state index is 11.5. The highest BCUT2D eigenvalue weighted by molar-refractivity contribution is 5.78. The van der Waals surface area contributed by atoms with Crippen molar-refractivity contribution in [3.63, 3.8) is 0 Å². The van der Waals surface area contributed by atoms with E-state index >= 15 is 0 Å². The van der Waals surface area contributed by atoms with Crippen LogP contribution in [0.3, 0.4) is 0 Å². The maximum Gasteiger partial charge on any atom is 0.287 e. The molecule has 1 heterocycles. The Kier molecular flexibility index (Phi) is 4.49. The van der Waals surface area contributed by atoms with Crippen LogP contribution in [0.4, 0.5) is 11.5 Å². The van der Waals surface area contributed by atoms with Gasteiger partial charge in [-0.1, -0.05) is 0 Å². The highest BCUT2D eigenvalue weighted by atomic mass is 16.6. The molecule has 7 nitrogen and oxygen atoms in total. The molecule has 0 bridgehead atoms. The van der Waals surface area contributed by atoms with Crippen LogP contribution in [0.5, 0.6) is 0 Å². The number of nitro groups is 1. The van der Waals surface area contributed by atoms with Crippen molar-refractivity contribution in [1.82, 2.24) is 10.3 Å². The van der Waals surface area contributed by atoms with Crippen molar-refractivity contribution in [3.05, 3.63) is 28.4 Å². The predicted molar refractivity (Wildman–Crippen MR) is 74.3 cm³/mol. The van der Waals surface area contributed by atoms with Gasteiger partial charge in [0.25, 0.3) is 5.69 Å². The lowest BCUT2D eigenvalue weighted by Crippen LogP contribution is -2.34. The lowest BCUT2D eigenvalue weighted by atomic mass is 9.85. The molecule has 0 spiro atoms. The number of carbonyl (C=O) groups is 1. The average Bonchev–Trinajstić information content (AvgIpc) is 2.48. The van der Waals surface area contributed by atoms with Crippen LogP contribution in [0.1, 0.15) is 25.7 Å². The number of rotatable bonds is 4. The minimum atomic E-state index is -0.467. The zero-order chi connectivity index (χ0) is 14.5. The summed E-state index contributed by atoms with van der Waals surface area (Å²) in [6.07, 6.45) is 4.75. The van der Waals surface area contributed by atoms with E-state index < -0.39 is 4.92 Å². The number of nitrogens with one attached hydrogen (secondary N) is 2. The molecular weight excluding hydrogens is 260 g/mol. The van der Waals surface area contributed by atoms with Gasteiger partial charge in [-0.05, 0) is 31.7 Å². The van der Waals surface area contributed by atoms with E-state index in [-0.39, 0.29) is 23.6 Å². The third-order valence-electron chi connectivity index (χ3n) is 3.66. The van der Waals surface area contributed by atoms with Gasteiger partial charge in [0.05, 0.1) is 4.92 Å². The van der Waals surface area contributed by atoms with E-state index in [0.717, 1.165) is 25.7 Å². The number of amides is 1. The van der Waals surface area contributed by atoms with E-state index in [9.17, 15) is 14.9 Å². The van der Waals surface area contributed by atoms with Gasteiger partial charge in [-0.25, -0.2) is 4.98 Å². The van der Waals surface area contributed by atoms with Crippen LogP contribution >= 0.6 is 0 Å². The Balaban J connectivity index is 1.86. The third-order valence-corrected chi connectivity index (χ3v) is 3.66. The molecule has 7 heteroatoms. The maximum atomic E-state index is 11.5. The second-order valence-electron chi connectivity index (χ2n) is 4.97. The van der Waals surface area contributed by atoms with E-state index in [0.29, 0.717) is 5.82 Å². The number of hydrogen-bond acceptors (Lipinski definition) is 5. The Hall–Kier alpha value is -2.18. The lowest BCUT2D eigenvalue weighted by molar-refractivity contribution is -0.385. The Morgan fingerprint density at radius 3 is 2.55 bits per heavy atom. The van der Waals surface area contributed by atoms with Crippen LogP contribution in [0.15, 0.2) is 18.3 Å². The number of aromatic nitrogens is 1. The number of hydrogen-bond donors (Lipinski definition) is 2. The summed E-state index contributed by atoms with van der Waals surface area (Å²) in [7, 11) is 1.66. The molecule has 1 amide bonds. The molecule has 1 fully saturated rings. The zero-order valence-corrected chi connectivity index (χ0v) is 11.3. The summed E-state index contributed by atoms with van der Waals surface area (Å²) in [5.41, 5.74) is -0.0149. The minimum absolute atomic E-state index is 0.0149. The second-order valence-corrected chi connectivity index (χ2v) is 4.97. The summed E-state index contributed by atoms with van der Waals surface area (Å²) in [5, 5.41) is 16.5. The molecule has 0 radical (unpaired) electrons. The third kappa shape index (κ3) is 3.43. The van der Waals surface area contributed by atoms with Gasteiger partial charge in [0.15, 0.2) is 0 Å². The number of pyridine rings is 1. The van der Waals surface area contributed by atoms with E-state index in [2.05, 4.69) is 15.6 Å².